The largest absolute Gasteiger partial charge is 0.310 e. The lowest BCUT2D eigenvalue weighted by Gasteiger charge is -2.14. The van der Waals surface area contributed by atoms with Gasteiger partial charge in [-0.25, -0.2) is 8.78 Å². The van der Waals surface area contributed by atoms with Crippen LogP contribution in [0.1, 0.15) is 18.1 Å². The molecule has 0 saturated carbocycles. The van der Waals surface area contributed by atoms with Crippen LogP contribution in [-0.4, -0.2) is 6.04 Å². The Labute approximate surface area is 126 Å². The molecule has 0 aliphatic rings. The van der Waals surface area contributed by atoms with Crippen LogP contribution in [0.2, 0.25) is 0 Å². The van der Waals surface area contributed by atoms with Crippen LogP contribution in [0, 0.1) is 11.6 Å². The van der Waals surface area contributed by atoms with Gasteiger partial charge in [-0.15, -0.1) is 0 Å². The Kier molecular flexibility index (Phi) is 5.26. The SMILES string of the molecule is CC(Cc1ccc(F)cc1)NCc1ccc(Br)c(F)c1. The van der Waals surface area contributed by atoms with E-state index in [2.05, 4.69) is 28.2 Å². The molecule has 0 radical (unpaired) electrons. The predicted molar refractivity (Wildman–Crippen MR) is 80.5 cm³/mol. The average molecular weight is 340 g/mol. The summed E-state index contributed by atoms with van der Waals surface area (Å²) in [5, 5.41) is 3.33. The molecule has 0 aromatic heterocycles. The summed E-state index contributed by atoms with van der Waals surface area (Å²) in [5.41, 5.74) is 1.98. The van der Waals surface area contributed by atoms with Gasteiger partial charge in [0.15, 0.2) is 0 Å². The normalized spacial score (nSPS) is 12.4. The molecule has 2 aromatic rings. The molecule has 1 N–H and O–H groups in total. The van der Waals surface area contributed by atoms with Crippen LogP contribution in [0.5, 0.6) is 0 Å². The molecule has 1 unspecified atom stereocenters. The van der Waals surface area contributed by atoms with E-state index in [1.165, 1.54) is 18.2 Å². The van der Waals surface area contributed by atoms with Gasteiger partial charge in [-0.1, -0.05) is 18.2 Å². The van der Waals surface area contributed by atoms with Crippen LogP contribution in [0.15, 0.2) is 46.9 Å². The van der Waals surface area contributed by atoms with E-state index >= 15 is 0 Å². The first-order valence-corrected chi connectivity index (χ1v) is 7.25. The Hall–Kier alpha value is -1.26. The summed E-state index contributed by atoms with van der Waals surface area (Å²) >= 11 is 3.13. The van der Waals surface area contributed by atoms with Gasteiger partial charge < -0.3 is 5.32 Å². The molecule has 0 heterocycles. The van der Waals surface area contributed by atoms with Gasteiger partial charge in [0.2, 0.25) is 0 Å². The molecule has 0 amide bonds. The van der Waals surface area contributed by atoms with Gasteiger partial charge in [-0.2, -0.15) is 0 Å². The van der Waals surface area contributed by atoms with Crippen LogP contribution in [0.25, 0.3) is 0 Å². The van der Waals surface area contributed by atoms with Crippen LogP contribution in [-0.2, 0) is 13.0 Å². The lowest BCUT2D eigenvalue weighted by molar-refractivity contribution is 0.541. The fourth-order valence-electron chi connectivity index (χ4n) is 1.99. The van der Waals surface area contributed by atoms with Crippen molar-refractivity contribution in [3.8, 4) is 0 Å². The van der Waals surface area contributed by atoms with Gasteiger partial charge in [0.05, 0.1) is 4.47 Å². The number of benzene rings is 2. The topological polar surface area (TPSA) is 12.0 Å². The summed E-state index contributed by atoms with van der Waals surface area (Å²) in [6.45, 7) is 2.66. The maximum atomic E-state index is 13.4. The van der Waals surface area contributed by atoms with Crippen molar-refractivity contribution in [1.29, 1.82) is 0 Å². The Morgan fingerprint density at radius 1 is 1.05 bits per heavy atom. The molecule has 0 spiro atoms. The van der Waals surface area contributed by atoms with Crippen molar-refractivity contribution in [2.45, 2.75) is 25.9 Å². The van der Waals surface area contributed by atoms with Crippen LogP contribution < -0.4 is 5.32 Å². The molecular formula is C16H16BrF2N. The Balaban J connectivity index is 1.86. The van der Waals surface area contributed by atoms with E-state index in [4.69, 9.17) is 0 Å². The Morgan fingerprint density at radius 3 is 2.35 bits per heavy atom. The van der Waals surface area contributed by atoms with Gasteiger partial charge in [0.25, 0.3) is 0 Å². The number of hydrogen-bond donors (Lipinski definition) is 1. The molecule has 1 atom stereocenters. The Bertz CT molecular complexity index is 569. The van der Waals surface area contributed by atoms with Gasteiger partial charge in [0.1, 0.15) is 11.6 Å². The van der Waals surface area contributed by atoms with Gasteiger partial charge >= 0.3 is 0 Å². The van der Waals surface area contributed by atoms with Crippen molar-refractivity contribution in [3.05, 3.63) is 69.7 Å². The number of halogens is 3. The highest BCUT2D eigenvalue weighted by Gasteiger charge is 2.05. The van der Waals surface area contributed by atoms with E-state index in [-0.39, 0.29) is 17.7 Å². The summed E-state index contributed by atoms with van der Waals surface area (Å²) in [5.74, 6) is -0.477. The van der Waals surface area contributed by atoms with E-state index in [1.807, 2.05) is 6.07 Å². The number of rotatable bonds is 5. The standard InChI is InChI=1S/C16H16BrF2N/c1-11(8-12-2-5-14(18)6-3-12)20-10-13-4-7-15(17)16(19)9-13/h2-7,9,11,20H,8,10H2,1H3. The molecule has 0 bridgehead atoms. The van der Waals surface area contributed by atoms with Gasteiger partial charge in [-0.3, -0.25) is 0 Å². The molecule has 0 fully saturated rings. The third kappa shape index (κ3) is 4.39. The fourth-order valence-corrected chi connectivity index (χ4v) is 2.23. The minimum atomic E-state index is -0.254. The molecule has 0 aliphatic carbocycles. The highest BCUT2D eigenvalue weighted by atomic mass is 79.9. The lowest BCUT2D eigenvalue weighted by Crippen LogP contribution is -2.27. The number of nitrogens with one attached hydrogen (secondary N) is 1. The molecule has 106 valence electrons. The van der Waals surface area contributed by atoms with Crippen molar-refractivity contribution < 1.29 is 8.78 Å². The molecule has 0 saturated heterocycles. The summed E-state index contributed by atoms with van der Waals surface area (Å²) in [6.07, 6.45) is 0.805. The van der Waals surface area contributed by atoms with E-state index < -0.39 is 0 Å². The van der Waals surface area contributed by atoms with Crippen LogP contribution in [0.4, 0.5) is 8.78 Å². The Morgan fingerprint density at radius 2 is 1.70 bits per heavy atom. The van der Waals surface area contributed by atoms with E-state index in [1.54, 1.807) is 18.2 Å². The zero-order valence-corrected chi connectivity index (χ0v) is 12.8. The third-order valence-corrected chi connectivity index (χ3v) is 3.74. The van der Waals surface area contributed by atoms with Crippen LogP contribution >= 0.6 is 15.9 Å². The molecule has 20 heavy (non-hydrogen) atoms. The first kappa shape index (κ1) is 15.1. The van der Waals surface area contributed by atoms with Crippen molar-refractivity contribution in [1.82, 2.24) is 5.32 Å². The summed E-state index contributed by atoms with van der Waals surface area (Å²) in [4.78, 5) is 0. The second-order valence-corrected chi connectivity index (χ2v) is 5.72. The van der Waals surface area contributed by atoms with Gasteiger partial charge in [0, 0.05) is 12.6 Å². The molecule has 1 nitrogen and oxygen atoms in total. The summed E-state index contributed by atoms with van der Waals surface area (Å²) in [6, 6.07) is 11.8. The van der Waals surface area contributed by atoms with Crippen molar-refractivity contribution >= 4 is 15.9 Å². The highest BCUT2D eigenvalue weighted by molar-refractivity contribution is 9.10. The monoisotopic (exact) mass is 339 g/mol. The minimum Gasteiger partial charge on any atom is -0.310 e. The maximum absolute atomic E-state index is 13.4. The summed E-state index contributed by atoms with van der Waals surface area (Å²) < 4.78 is 26.7. The van der Waals surface area contributed by atoms with E-state index in [9.17, 15) is 8.78 Å². The van der Waals surface area contributed by atoms with E-state index in [0.29, 0.717) is 11.0 Å². The van der Waals surface area contributed by atoms with Crippen molar-refractivity contribution in [2.24, 2.45) is 0 Å². The maximum Gasteiger partial charge on any atom is 0.137 e. The quantitative estimate of drug-likeness (QED) is 0.848. The predicted octanol–water partition coefficient (Wildman–Crippen LogP) is 4.45. The second kappa shape index (κ2) is 6.95. The average Bonchev–Trinajstić information content (AvgIpc) is 2.43. The number of hydrogen-bond acceptors (Lipinski definition) is 1. The van der Waals surface area contributed by atoms with Crippen molar-refractivity contribution in [2.75, 3.05) is 0 Å². The zero-order valence-electron chi connectivity index (χ0n) is 11.2. The lowest BCUT2D eigenvalue weighted by atomic mass is 10.1. The molecule has 4 heteroatoms. The fraction of sp³-hybridized carbons (Fsp3) is 0.250. The highest BCUT2D eigenvalue weighted by Crippen LogP contribution is 2.16. The molecular weight excluding hydrogens is 324 g/mol. The molecule has 2 aromatic carbocycles. The van der Waals surface area contributed by atoms with Gasteiger partial charge in [-0.05, 0) is 64.7 Å². The zero-order chi connectivity index (χ0) is 14.5. The molecule has 0 aliphatic heterocycles. The minimum absolute atomic E-state index is 0.223. The first-order chi connectivity index (χ1) is 9.54. The molecule has 2 rings (SSSR count). The third-order valence-electron chi connectivity index (χ3n) is 3.09. The second-order valence-electron chi connectivity index (χ2n) is 4.86. The van der Waals surface area contributed by atoms with Crippen LogP contribution in [0.3, 0.4) is 0 Å². The summed E-state index contributed by atoms with van der Waals surface area (Å²) in [7, 11) is 0. The van der Waals surface area contributed by atoms with E-state index in [0.717, 1.165) is 17.5 Å². The first-order valence-electron chi connectivity index (χ1n) is 6.46. The smallest absolute Gasteiger partial charge is 0.137 e. The van der Waals surface area contributed by atoms with Crippen molar-refractivity contribution in [3.63, 3.8) is 0 Å².